The molecule has 1 aliphatic rings. The molecule has 7 nitrogen and oxygen atoms in total. The van der Waals surface area contributed by atoms with Crippen LogP contribution in [0, 0.1) is 6.92 Å². The van der Waals surface area contributed by atoms with Crippen LogP contribution >= 0.6 is 11.6 Å². The number of carbonyl (C=O) groups is 1. The van der Waals surface area contributed by atoms with Crippen molar-refractivity contribution in [3.05, 3.63) is 34.5 Å². The van der Waals surface area contributed by atoms with Gasteiger partial charge in [-0.1, -0.05) is 11.6 Å². The second kappa shape index (κ2) is 6.16. The van der Waals surface area contributed by atoms with E-state index >= 15 is 0 Å². The Morgan fingerprint density at radius 3 is 2.96 bits per heavy atom. The molecule has 0 radical (unpaired) electrons. The number of fused-ring (bicyclic) bond motifs is 1. The maximum atomic E-state index is 11.9. The fourth-order valence-electron chi connectivity index (χ4n) is 2.66. The normalized spacial score (nSPS) is 16.8. The first-order valence-electron chi connectivity index (χ1n) is 7.48. The molecule has 2 aromatic rings. The molecule has 1 amide bonds. The molecule has 23 heavy (non-hydrogen) atoms. The van der Waals surface area contributed by atoms with Gasteiger partial charge >= 0.3 is 0 Å². The lowest BCUT2D eigenvalue weighted by molar-refractivity contribution is 0.0827. The van der Waals surface area contributed by atoms with E-state index in [4.69, 9.17) is 11.6 Å². The molecule has 1 unspecified atom stereocenters. The number of rotatable bonds is 3. The summed E-state index contributed by atoms with van der Waals surface area (Å²) in [5, 5.41) is 8.17. The van der Waals surface area contributed by atoms with Crippen LogP contribution in [0.1, 0.15) is 28.4 Å². The van der Waals surface area contributed by atoms with Gasteiger partial charge in [-0.15, -0.1) is 0 Å². The molecule has 1 N–H and O–H groups in total. The highest BCUT2D eigenvalue weighted by Gasteiger charge is 2.22. The first kappa shape index (κ1) is 15.7. The Morgan fingerprint density at radius 2 is 2.26 bits per heavy atom. The minimum atomic E-state index is -0.119. The molecule has 0 saturated heterocycles. The van der Waals surface area contributed by atoms with Crippen LogP contribution < -0.4 is 5.32 Å². The molecule has 1 atom stereocenters. The number of amides is 1. The summed E-state index contributed by atoms with van der Waals surface area (Å²) < 4.78 is 1.92. The fraction of sp³-hybridized carbons (Fsp3) is 0.467. The van der Waals surface area contributed by atoms with Gasteiger partial charge < -0.3 is 10.2 Å². The van der Waals surface area contributed by atoms with E-state index < -0.39 is 0 Å². The van der Waals surface area contributed by atoms with Gasteiger partial charge in [-0.3, -0.25) is 4.79 Å². The Kier molecular flexibility index (Phi) is 4.21. The lowest BCUT2D eigenvalue weighted by Gasteiger charge is -2.24. The van der Waals surface area contributed by atoms with Gasteiger partial charge in [0.25, 0.3) is 5.91 Å². The van der Waals surface area contributed by atoms with Crippen molar-refractivity contribution in [2.75, 3.05) is 19.4 Å². The lowest BCUT2D eigenvalue weighted by Crippen LogP contribution is -2.32. The van der Waals surface area contributed by atoms with Crippen molar-refractivity contribution in [3.8, 4) is 0 Å². The first-order chi connectivity index (χ1) is 10.9. The number of nitrogens with zero attached hydrogens (tertiary/aromatic N) is 5. The zero-order valence-electron chi connectivity index (χ0n) is 13.4. The summed E-state index contributed by atoms with van der Waals surface area (Å²) in [6.45, 7) is 2.62. The van der Waals surface area contributed by atoms with Crippen molar-refractivity contribution in [1.29, 1.82) is 0 Å². The summed E-state index contributed by atoms with van der Waals surface area (Å²) in [6, 6.07) is 1.83. The number of aromatic nitrogens is 4. The van der Waals surface area contributed by atoms with E-state index in [0.717, 1.165) is 31.0 Å². The molecule has 0 saturated carbocycles. The van der Waals surface area contributed by atoms with Gasteiger partial charge in [-0.05, 0) is 19.4 Å². The first-order valence-corrected chi connectivity index (χ1v) is 7.86. The minimum absolute atomic E-state index is 0.119. The van der Waals surface area contributed by atoms with Crippen LogP contribution in [-0.4, -0.2) is 50.7 Å². The van der Waals surface area contributed by atoms with Crippen molar-refractivity contribution < 1.29 is 4.79 Å². The molecule has 0 bridgehead atoms. The van der Waals surface area contributed by atoms with Gasteiger partial charge in [0, 0.05) is 32.8 Å². The molecule has 0 fully saturated rings. The smallest absolute Gasteiger partial charge is 0.254 e. The standard InChI is InChI=1S/C15H19ClN6O/c1-9-18-13-5-4-11(8-22(13)20-9)19-14-12(16)6-10(7-17-14)15(23)21(2)3/h6-7,11H,4-5,8H2,1-3H3,(H,17,19). The molecule has 122 valence electrons. The third-order valence-corrected chi connectivity index (χ3v) is 4.09. The zero-order chi connectivity index (χ0) is 16.6. The summed E-state index contributed by atoms with van der Waals surface area (Å²) in [5.74, 6) is 2.29. The molecular weight excluding hydrogens is 316 g/mol. The van der Waals surface area contributed by atoms with Crippen LogP contribution in [0.25, 0.3) is 0 Å². The van der Waals surface area contributed by atoms with Crippen LogP contribution in [0.3, 0.4) is 0 Å². The lowest BCUT2D eigenvalue weighted by atomic mass is 10.1. The van der Waals surface area contributed by atoms with Crippen molar-refractivity contribution >= 4 is 23.3 Å². The van der Waals surface area contributed by atoms with Crippen LogP contribution in [0.15, 0.2) is 12.3 Å². The van der Waals surface area contributed by atoms with Gasteiger partial charge in [0.1, 0.15) is 17.5 Å². The van der Waals surface area contributed by atoms with Gasteiger partial charge in [0.2, 0.25) is 0 Å². The Morgan fingerprint density at radius 1 is 1.48 bits per heavy atom. The summed E-state index contributed by atoms with van der Waals surface area (Å²) in [4.78, 5) is 22.1. The summed E-state index contributed by atoms with van der Waals surface area (Å²) in [5.41, 5.74) is 0.475. The van der Waals surface area contributed by atoms with E-state index in [1.54, 1.807) is 26.4 Å². The number of aryl methyl sites for hydroxylation is 2. The SMILES string of the molecule is Cc1nc2n(n1)CC(Nc1ncc(C(=O)N(C)C)cc1Cl)CC2. The van der Waals surface area contributed by atoms with Crippen molar-refractivity contribution in [2.24, 2.45) is 0 Å². The highest BCUT2D eigenvalue weighted by Crippen LogP contribution is 2.24. The molecule has 0 spiro atoms. The largest absolute Gasteiger partial charge is 0.364 e. The van der Waals surface area contributed by atoms with Gasteiger partial charge in [-0.2, -0.15) is 5.10 Å². The zero-order valence-corrected chi connectivity index (χ0v) is 14.1. The number of nitrogens with one attached hydrogen (secondary N) is 1. The van der Waals surface area contributed by atoms with Gasteiger partial charge in [-0.25, -0.2) is 14.6 Å². The van der Waals surface area contributed by atoms with Crippen LogP contribution in [-0.2, 0) is 13.0 Å². The van der Waals surface area contributed by atoms with Crippen molar-refractivity contribution in [1.82, 2.24) is 24.6 Å². The second-order valence-corrected chi connectivity index (χ2v) is 6.30. The van der Waals surface area contributed by atoms with E-state index in [1.165, 1.54) is 4.90 Å². The predicted octanol–water partition coefficient (Wildman–Crippen LogP) is 1.76. The van der Waals surface area contributed by atoms with Crippen LogP contribution in [0.4, 0.5) is 5.82 Å². The number of carbonyl (C=O) groups excluding carboxylic acids is 1. The second-order valence-electron chi connectivity index (χ2n) is 5.89. The van der Waals surface area contributed by atoms with Crippen LogP contribution in [0.2, 0.25) is 5.02 Å². The predicted molar refractivity (Wildman–Crippen MR) is 87.8 cm³/mol. The van der Waals surface area contributed by atoms with E-state index in [0.29, 0.717) is 16.4 Å². The molecule has 3 heterocycles. The Labute approximate surface area is 139 Å². The van der Waals surface area contributed by atoms with E-state index in [-0.39, 0.29) is 11.9 Å². The Hall–Kier alpha value is -2.15. The highest BCUT2D eigenvalue weighted by molar-refractivity contribution is 6.33. The van der Waals surface area contributed by atoms with E-state index in [9.17, 15) is 4.79 Å². The van der Waals surface area contributed by atoms with Crippen molar-refractivity contribution in [2.45, 2.75) is 32.4 Å². The average molecular weight is 335 g/mol. The number of anilines is 1. The summed E-state index contributed by atoms with van der Waals surface area (Å²) in [7, 11) is 3.39. The molecule has 2 aromatic heterocycles. The maximum absolute atomic E-state index is 11.9. The Bertz CT molecular complexity index is 742. The van der Waals surface area contributed by atoms with E-state index in [1.807, 2.05) is 11.6 Å². The minimum Gasteiger partial charge on any atom is -0.364 e. The Balaban J connectivity index is 1.73. The van der Waals surface area contributed by atoms with Crippen LogP contribution in [0.5, 0.6) is 0 Å². The monoisotopic (exact) mass is 334 g/mol. The molecule has 0 aliphatic carbocycles. The number of pyridine rings is 1. The molecule has 8 heteroatoms. The van der Waals surface area contributed by atoms with E-state index in [2.05, 4.69) is 20.4 Å². The van der Waals surface area contributed by atoms with Gasteiger partial charge in [0.05, 0.1) is 17.1 Å². The third kappa shape index (κ3) is 3.29. The highest BCUT2D eigenvalue weighted by atomic mass is 35.5. The fourth-order valence-corrected chi connectivity index (χ4v) is 2.89. The topological polar surface area (TPSA) is 75.9 Å². The maximum Gasteiger partial charge on any atom is 0.254 e. The van der Waals surface area contributed by atoms with Crippen molar-refractivity contribution in [3.63, 3.8) is 0 Å². The molecule has 3 rings (SSSR count). The summed E-state index contributed by atoms with van der Waals surface area (Å²) >= 11 is 6.27. The number of hydrogen-bond acceptors (Lipinski definition) is 5. The molecule has 0 aromatic carbocycles. The molecular formula is C15H19ClN6O. The average Bonchev–Trinajstić information content (AvgIpc) is 2.87. The number of halogens is 1. The molecule has 1 aliphatic heterocycles. The third-order valence-electron chi connectivity index (χ3n) is 3.80. The summed E-state index contributed by atoms with van der Waals surface area (Å²) in [6.07, 6.45) is 3.35. The quantitative estimate of drug-likeness (QED) is 0.925. The van der Waals surface area contributed by atoms with Gasteiger partial charge in [0.15, 0.2) is 0 Å². The number of hydrogen-bond donors (Lipinski definition) is 1.